The number of nitrogens with zero attached hydrogens (tertiary/aromatic N) is 1. The molecule has 8 fully saturated rings. The molecule has 14 atom stereocenters. The third kappa shape index (κ3) is 7.35. The van der Waals surface area contributed by atoms with Gasteiger partial charge >= 0.3 is 12.1 Å². The first-order valence-electron chi connectivity index (χ1n) is 21.0. The third-order valence-electron chi connectivity index (χ3n) is 14.5. The standard InChI is InChI=1S/C38H56F3NO10.C3H8O/c1-21-10-12-28-24(30(38(39,40)41)46-31-36(28)25(21)13-15-33(4,47-31)50-36)19-42(20-29(43)44)17-7-8-18-45-35(6)23(3)27-11-9-22(2)26-14-16-34(5)48-32(49-35)37(26,27)52-51-34;1-3(2)4/h21-23,25-28,31-32H,7-20H2,1-6H3,(H,43,44);3-4H,1-2H3/t21-,22-,23-,25?,26?,27+,28+,31-,32+,33+,34+,35+,36-,37-;/m1./s1. The van der Waals surface area contributed by atoms with Gasteiger partial charge in [0, 0.05) is 43.2 Å². The zero-order chi connectivity index (χ0) is 40.6. The highest BCUT2D eigenvalue weighted by molar-refractivity contribution is 5.69. The Balaban J connectivity index is 0.00000115. The number of fused-ring (bicyclic) bond motifs is 3. The molecular formula is C41H64F3NO11. The highest BCUT2D eigenvalue weighted by atomic mass is 19.4. The van der Waals surface area contributed by atoms with Gasteiger partial charge in [0.25, 0.3) is 0 Å². The van der Waals surface area contributed by atoms with Gasteiger partial charge in [-0.25, -0.2) is 9.78 Å². The van der Waals surface area contributed by atoms with Gasteiger partial charge in [0.15, 0.2) is 23.5 Å². The summed E-state index contributed by atoms with van der Waals surface area (Å²) in [5.74, 6) is -4.71. The molecule has 7 aliphatic heterocycles. The molecule has 0 amide bonds. The summed E-state index contributed by atoms with van der Waals surface area (Å²) in [6.45, 7) is 15.6. The van der Waals surface area contributed by atoms with Crippen molar-refractivity contribution < 1.29 is 66.4 Å². The number of carbonyl (C=O) groups is 1. The number of rotatable bonds is 10. The number of unbranched alkanes of at least 4 members (excludes halogenated alkanes) is 1. The van der Waals surface area contributed by atoms with E-state index in [1.54, 1.807) is 25.7 Å². The Kier molecular flexibility index (Phi) is 11.5. The summed E-state index contributed by atoms with van der Waals surface area (Å²) in [6, 6.07) is 0. The number of hydrogen-bond donors (Lipinski definition) is 2. The van der Waals surface area contributed by atoms with Crippen molar-refractivity contribution in [1.29, 1.82) is 0 Å². The Labute approximate surface area is 328 Å². The molecule has 0 radical (unpaired) electrons. The van der Waals surface area contributed by atoms with E-state index in [1.807, 2.05) is 13.8 Å². The molecule has 2 unspecified atom stereocenters. The fourth-order valence-corrected chi connectivity index (χ4v) is 11.8. The van der Waals surface area contributed by atoms with Gasteiger partial charge in [0.05, 0.1) is 13.2 Å². The van der Waals surface area contributed by atoms with Crippen molar-refractivity contribution >= 4 is 5.97 Å². The van der Waals surface area contributed by atoms with Crippen LogP contribution in [0.5, 0.6) is 0 Å². The Bertz CT molecular complexity index is 1500. The SMILES string of the molecule is CC(C)O.C[C@@H]1CC[C@H]2C(CN(CCCCO[C@@]3(C)O[C@@H]4O[C@]5(C)CCC6[C@H](C)CC[C@@H]([C@H]3C)[C@]64OO5)CC(=O)O)=C(C(F)(F)F)O[C@@H]3O[C@]4(C)CCC1[C@]32O4. The molecule has 56 heavy (non-hydrogen) atoms. The fraction of sp³-hybridized carbons (Fsp3) is 0.927. The molecule has 0 aromatic carbocycles. The molecule has 0 aromatic rings. The molecule has 2 spiro atoms. The maximum absolute atomic E-state index is 14.7. The first-order valence-corrected chi connectivity index (χ1v) is 21.0. The molecule has 4 bridgehead atoms. The van der Waals surface area contributed by atoms with Crippen LogP contribution in [0, 0.1) is 41.4 Å². The molecule has 7 heterocycles. The summed E-state index contributed by atoms with van der Waals surface area (Å²) in [7, 11) is 0. The number of carboxylic acids is 1. The van der Waals surface area contributed by atoms with Gasteiger partial charge in [0.2, 0.25) is 17.8 Å². The van der Waals surface area contributed by atoms with Gasteiger partial charge in [-0.1, -0.05) is 20.8 Å². The molecule has 2 aliphatic carbocycles. The first-order chi connectivity index (χ1) is 26.2. The minimum absolute atomic E-state index is 0.0225. The van der Waals surface area contributed by atoms with Crippen molar-refractivity contribution in [1.82, 2.24) is 4.90 Å². The molecule has 6 saturated heterocycles. The van der Waals surface area contributed by atoms with E-state index in [9.17, 15) is 23.1 Å². The van der Waals surface area contributed by atoms with Crippen molar-refractivity contribution in [2.75, 3.05) is 26.2 Å². The van der Waals surface area contributed by atoms with E-state index in [0.717, 1.165) is 32.1 Å². The summed E-state index contributed by atoms with van der Waals surface area (Å²) in [5.41, 5.74) is -1.67. The zero-order valence-corrected chi connectivity index (χ0v) is 34.3. The van der Waals surface area contributed by atoms with E-state index in [0.29, 0.717) is 44.6 Å². The second-order valence-electron chi connectivity index (χ2n) is 18.8. The first kappa shape index (κ1) is 42.6. The smallest absolute Gasteiger partial charge is 0.449 e. The monoisotopic (exact) mass is 803 g/mol. The van der Waals surface area contributed by atoms with Gasteiger partial charge < -0.3 is 38.6 Å². The summed E-state index contributed by atoms with van der Waals surface area (Å²) in [5, 5.41) is 17.9. The molecule has 9 aliphatic rings. The van der Waals surface area contributed by atoms with Crippen molar-refractivity contribution in [2.24, 2.45) is 41.4 Å². The average molecular weight is 804 g/mol. The number of aliphatic carboxylic acids is 1. The van der Waals surface area contributed by atoms with E-state index in [4.69, 9.17) is 43.3 Å². The normalized spacial score (nSPS) is 46.4. The second-order valence-corrected chi connectivity index (χ2v) is 18.8. The molecule has 0 aromatic heterocycles. The molecule has 9 rings (SSSR count). The van der Waals surface area contributed by atoms with Crippen LogP contribution < -0.4 is 0 Å². The average Bonchev–Trinajstić information content (AvgIpc) is 3.16. The van der Waals surface area contributed by atoms with Crippen molar-refractivity contribution in [3.63, 3.8) is 0 Å². The highest BCUT2D eigenvalue weighted by Gasteiger charge is 2.73. The Morgan fingerprint density at radius 3 is 2.14 bits per heavy atom. The minimum atomic E-state index is -4.77. The lowest BCUT2D eigenvalue weighted by molar-refractivity contribution is -0.585. The van der Waals surface area contributed by atoms with Crippen LogP contribution in [0.1, 0.15) is 120 Å². The van der Waals surface area contributed by atoms with Crippen molar-refractivity contribution in [3.05, 3.63) is 11.3 Å². The van der Waals surface area contributed by atoms with Crippen molar-refractivity contribution in [2.45, 2.75) is 173 Å². The molecular weight excluding hydrogens is 739 g/mol. The zero-order valence-electron chi connectivity index (χ0n) is 34.3. The molecule has 12 nitrogen and oxygen atoms in total. The molecule has 15 heteroatoms. The number of hydrogen-bond acceptors (Lipinski definition) is 11. The van der Waals surface area contributed by atoms with E-state index in [1.165, 1.54) is 0 Å². The predicted octanol–water partition coefficient (Wildman–Crippen LogP) is 7.29. The summed E-state index contributed by atoms with van der Waals surface area (Å²) < 4.78 is 82.4. The van der Waals surface area contributed by atoms with E-state index in [2.05, 4.69) is 20.8 Å². The van der Waals surface area contributed by atoms with Crippen LogP contribution in [0.3, 0.4) is 0 Å². The lowest BCUT2D eigenvalue weighted by Gasteiger charge is -2.62. The van der Waals surface area contributed by atoms with Crippen LogP contribution in [0.4, 0.5) is 13.2 Å². The molecule has 2 saturated carbocycles. The fourth-order valence-electron chi connectivity index (χ4n) is 11.8. The lowest BCUT2D eigenvalue weighted by atomic mass is 9.57. The Morgan fingerprint density at radius 2 is 1.48 bits per heavy atom. The molecule has 2 N–H and O–H groups in total. The number of halogens is 3. The summed E-state index contributed by atoms with van der Waals surface area (Å²) >= 11 is 0. The van der Waals surface area contributed by atoms with Crippen LogP contribution in [0.2, 0.25) is 0 Å². The third-order valence-corrected chi connectivity index (χ3v) is 14.5. The largest absolute Gasteiger partial charge is 0.480 e. The van der Waals surface area contributed by atoms with Crippen molar-refractivity contribution in [3.8, 4) is 0 Å². The van der Waals surface area contributed by atoms with Gasteiger partial charge in [-0.2, -0.15) is 13.2 Å². The van der Waals surface area contributed by atoms with Gasteiger partial charge in [-0.15, -0.1) is 0 Å². The number of carboxylic acid groups (broad SMARTS) is 1. The number of aliphatic hydroxyl groups excluding tert-OH is 1. The lowest BCUT2D eigenvalue weighted by Crippen LogP contribution is -2.72. The Hall–Kier alpha value is -1.56. The van der Waals surface area contributed by atoms with Crippen LogP contribution in [0.25, 0.3) is 0 Å². The summed E-state index contributed by atoms with van der Waals surface area (Å²) in [6.07, 6.45) is 0.554. The number of alkyl halides is 3. The van der Waals surface area contributed by atoms with Gasteiger partial charge in [-0.05, 0) is 122 Å². The van der Waals surface area contributed by atoms with E-state index < -0.39 is 71.5 Å². The van der Waals surface area contributed by atoms with Crippen LogP contribution in [0.15, 0.2) is 11.3 Å². The Morgan fingerprint density at radius 1 is 0.857 bits per heavy atom. The maximum Gasteiger partial charge on any atom is 0.449 e. The number of aliphatic hydroxyl groups is 1. The van der Waals surface area contributed by atoms with Crippen LogP contribution in [-0.2, 0) is 43.0 Å². The van der Waals surface area contributed by atoms with Gasteiger partial charge in [-0.3, -0.25) is 9.69 Å². The summed E-state index contributed by atoms with van der Waals surface area (Å²) in [4.78, 5) is 25.8. The van der Waals surface area contributed by atoms with Crippen LogP contribution in [-0.4, -0.2) is 101 Å². The molecule has 320 valence electrons. The van der Waals surface area contributed by atoms with E-state index >= 15 is 0 Å². The second kappa shape index (κ2) is 15.2. The highest BCUT2D eigenvalue weighted by Crippen LogP contribution is 2.65. The maximum atomic E-state index is 14.7. The van der Waals surface area contributed by atoms with Crippen LogP contribution >= 0.6 is 0 Å². The predicted molar refractivity (Wildman–Crippen MR) is 194 cm³/mol. The van der Waals surface area contributed by atoms with Gasteiger partial charge in [0.1, 0.15) is 5.60 Å². The topological polar surface area (TPSA) is 135 Å². The minimum Gasteiger partial charge on any atom is -0.480 e. The number of allylic oxidation sites excluding steroid dienone is 1. The number of ether oxygens (including phenoxy) is 6. The van der Waals surface area contributed by atoms with E-state index in [-0.39, 0.29) is 54.4 Å². The quantitative estimate of drug-likeness (QED) is 0.170.